The van der Waals surface area contributed by atoms with Crippen molar-refractivity contribution in [1.29, 1.82) is 0 Å². The van der Waals surface area contributed by atoms with Crippen LogP contribution in [0.25, 0.3) is 0 Å². The van der Waals surface area contributed by atoms with E-state index >= 15 is 0 Å². The maximum atomic E-state index is 12.9. The number of alkyl halides is 3. The van der Waals surface area contributed by atoms with Crippen LogP contribution in [0.5, 0.6) is 5.75 Å². The van der Waals surface area contributed by atoms with Crippen LogP contribution in [0.3, 0.4) is 0 Å². The molecule has 150 valence electrons. The van der Waals surface area contributed by atoms with Crippen molar-refractivity contribution in [2.24, 2.45) is 10.3 Å². The van der Waals surface area contributed by atoms with Gasteiger partial charge in [0.1, 0.15) is 5.75 Å². The van der Waals surface area contributed by atoms with Crippen molar-refractivity contribution in [3.63, 3.8) is 0 Å². The number of nitrogens with zero attached hydrogens (tertiary/aromatic N) is 4. The molecule has 2 aliphatic rings. The lowest BCUT2D eigenvalue weighted by atomic mass is 10.1. The molecule has 0 spiro atoms. The number of ether oxygens (including phenoxy) is 1. The Bertz CT molecular complexity index is 974. The van der Waals surface area contributed by atoms with E-state index in [1.54, 1.807) is 31.4 Å². The molecular formula is C19H15F3N4O3. The molecule has 10 heteroatoms. The smallest absolute Gasteiger partial charge is 0.416 e. The number of carbonyl (C=O) groups excluding carboxylic acids is 2. The predicted molar refractivity (Wildman–Crippen MR) is 94.9 cm³/mol. The third-order valence-corrected chi connectivity index (χ3v) is 4.81. The molecule has 7 nitrogen and oxygen atoms in total. The van der Waals surface area contributed by atoms with Gasteiger partial charge in [-0.1, -0.05) is 17.4 Å². The van der Waals surface area contributed by atoms with Gasteiger partial charge in [0, 0.05) is 0 Å². The Morgan fingerprint density at radius 1 is 1.00 bits per heavy atom. The lowest BCUT2D eigenvalue weighted by Crippen LogP contribution is -2.39. The number of hydrogen-bond donors (Lipinski definition) is 0. The van der Waals surface area contributed by atoms with Crippen molar-refractivity contribution in [2.75, 3.05) is 12.0 Å². The number of rotatable bonds is 4. The van der Waals surface area contributed by atoms with Gasteiger partial charge in [0.2, 0.25) is 0 Å². The second-order valence-electron chi connectivity index (χ2n) is 6.60. The fourth-order valence-corrected chi connectivity index (χ4v) is 3.33. The van der Waals surface area contributed by atoms with Gasteiger partial charge in [-0.3, -0.25) is 14.6 Å². The standard InChI is InChI=1S/C19H15F3N4O3/c1-29-14-8-2-11(3-9-14)10-25-16-15(23-24-25)17(27)26(18(16)28)13-6-4-12(5-7-13)19(20,21)22/h2-9,15-16H,10H2,1H3. The van der Waals surface area contributed by atoms with Gasteiger partial charge in [-0.2, -0.15) is 18.3 Å². The largest absolute Gasteiger partial charge is 0.497 e. The van der Waals surface area contributed by atoms with E-state index in [1.165, 1.54) is 5.01 Å². The Morgan fingerprint density at radius 2 is 1.66 bits per heavy atom. The monoisotopic (exact) mass is 404 g/mol. The van der Waals surface area contributed by atoms with E-state index < -0.39 is 35.6 Å². The van der Waals surface area contributed by atoms with Gasteiger partial charge in [0.05, 0.1) is 24.9 Å². The average molecular weight is 404 g/mol. The highest BCUT2D eigenvalue weighted by Gasteiger charge is 2.54. The minimum atomic E-state index is -4.50. The minimum absolute atomic E-state index is 0.0713. The molecule has 1 saturated heterocycles. The van der Waals surface area contributed by atoms with Gasteiger partial charge in [-0.25, -0.2) is 4.90 Å². The molecule has 0 saturated carbocycles. The number of methoxy groups -OCH3 is 1. The van der Waals surface area contributed by atoms with E-state index in [0.29, 0.717) is 5.75 Å². The average Bonchev–Trinajstić information content (AvgIpc) is 3.22. The van der Waals surface area contributed by atoms with Crippen molar-refractivity contribution in [2.45, 2.75) is 24.8 Å². The van der Waals surface area contributed by atoms with Crippen LogP contribution in [-0.2, 0) is 22.3 Å². The van der Waals surface area contributed by atoms with Gasteiger partial charge in [0.25, 0.3) is 11.8 Å². The van der Waals surface area contributed by atoms with Crippen LogP contribution in [0.4, 0.5) is 18.9 Å². The molecule has 0 N–H and O–H groups in total. The summed E-state index contributed by atoms with van der Waals surface area (Å²) in [5, 5.41) is 9.26. The van der Waals surface area contributed by atoms with Crippen LogP contribution in [-0.4, -0.2) is 36.0 Å². The quantitative estimate of drug-likeness (QED) is 0.734. The second kappa shape index (κ2) is 6.87. The van der Waals surface area contributed by atoms with Crippen LogP contribution in [0, 0.1) is 0 Å². The first kappa shape index (κ1) is 18.9. The Labute approximate surface area is 163 Å². The highest BCUT2D eigenvalue weighted by molar-refractivity contribution is 6.25. The normalized spacial score (nSPS) is 21.1. The Hall–Kier alpha value is -3.43. The number of fused-ring (bicyclic) bond motifs is 1. The molecular weight excluding hydrogens is 389 g/mol. The number of benzene rings is 2. The van der Waals surface area contributed by atoms with Gasteiger partial charge in [-0.15, -0.1) is 0 Å². The SMILES string of the molecule is COc1ccc(CN2N=NC3C(=O)N(c4ccc(C(F)(F)F)cc4)C(=O)C32)cc1. The van der Waals surface area contributed by atoms with E-state index in [1.807, 2.05) is 0 Å². The first-order chi connectivity index (χ1) is 13.8. The van der Waals surface area contributed by atoms with Crippen molar-refractivity contribution < 1.29 is 27.5 Å². The molecule has 2 amide bonds. The van der Waals surface area contributed by atoms with Crippen LogP contribution in [0.15, 0.2) is 58.9 Å². The molecule has 2 aromatic carbocycles. The Kier molecular flexibility index (Phi) is 4.48. The molecule has 0 bridgehead atoms. The summed E-state index contributed by atoms with van der Waals surface area (Å²) in [6.07, 6.45) is -4.50. The van der Waals surface area contributed by atoms with E-state index in [-0.39, 0.29) is 12.2 Å². The fourth-order valence-electron chi connectivity index (χ4n) is 3.33. The van der Waals surface area contributed by atoms with Crippen molar-refractivity contribution in [3.8, 4) is 5.75 Å². The zero-order valence-electron chi connectivity index (χ0n) is 15.1. The van der Waals surface area contributed by atoms with Crippen LogP contribution >= 0.6 is 0 Å². The third-order valence-electron chi connectivity index (χ3n) is 4.81. The molecule has 2 unspecified atom stereocenters. The minimum Gasteiger partial charge on any atom is -0.497 e. The van der Waals surface area contributed by atoms with E-state index in [4.69, 9.17) is 4.74 Å². The molecule has 0 aliphatic carbocycles. The topological polar surface area (TPSA) is 74.6 Å². The first-order valence-corrected chi connectivity index (χ1v) is 8.65. The zero-order valence-corrected chi connectivity index (χ0v) is 15.1. The number of amides is 2. The first-order valence-electron chi connectivity index (χ1n) is 8.65. The molecule has 2 aliphatic heterocycles. The van der Waals surface area contributed by atoms with Gasteiger partial charge in [-0.05, 0) is 42.0 Å². The predicted octanol–water partition coefficient (Wildman–Crippen LogP) is 3.21. The van der Waals surface area contributed by atoms with Crippen molar-refractivity contribution >= 4 is 17.5 Å². The van der Waals surface area contributed by atoms with Crippen LogP contribution < -0.4 is 9.64 Å². The second-order valence-corrected chi connectivity index (χ2v) is 6.60. The summed E-state index contributed by atoms with van der Waals surface area (Å²) < 4.78 is 43.4. The van der Waals surface area contributed by atoms with E-state index in [2.05, 4.69) is 10.3 Å². The maximum Gasteiger partial charge on any atom is 0.416 e. The summed E-state index contributed by atoms with van der Waals surface area (Å²) in [6.45, 7) is 0.245. The zero-order chi connectivity index (χ0) is 20.8. The number of hydrogen-bond acceptors (Lipinski definition) is 6. The van der Waals surface area contributed by atoms with Gasteiger partial charge < -0.3 is 4.74 Å². The number of halogens is 3. The maximum absolute atomic E-state index is 12.9. The highest BCUT2D eigenvalue weighted by Crippen LogP contribution is 2.35. The summed E-state index contributed by atoms with van der Waals surface area (Å²) in [5.74, 6) is -0.505. The molecule has 2 aromatic rings. The Balaban J connectivity index is 1.55. The lowest BCUT2D eigenvalue weighted by Gasteiger charge is -2.21. The molecule has 2 heterocycles. The highest BCUT2D eigenvalue weighted by atomic mass is 19.4. The summed E-state index contributed by atoms with van der Waals surface area (Å²) in [7, 11) is 1.55. The van der Waals surface area contributed by atoms with Gasteiger partial charge in [0.15, 0.2) is 12.1 Å². The van der Waals surface area contributed by atoms with Crippen LogP contribution in [0.2, 0.25) is 0 Å². The van der Waals surface area contributed by atoms with E-state index in [9.17, 15) is 22.8 Å². The third kappa shape index (κ3) is 3.30. The fraction of sp³-hybridized carbons (Fsp3) is 0.263. The summed E-state index contributed by atoms with van der Waals surface area (Å²) in [4.78, 5) is 26.4. The molecule has 0 radical (unpaired) electrons. The van der Waals surface area contributed by atoms with Gasteiger partial charge >= 0.3 is 6.18 Å². The number of carbonyl (C=O) groups is 2. The van der Waals surface area contributed by atoms with Crippen molar-refractivity contribution in [3.05, 3.63) is 59.7 Å². The Morgan fingerprint density at radius 3 is 2.24 bits per heavy atom. The lowest BCUT2D eigenvalue weighted by molar-refractivity contribution is -0.137. The molecule has 29 heavy (non-hydrogen) atoms. The summed E-state index contributed by atoms with van der Waals surface area (Å²) >= 11 is 0. The number of anilines is 1. The number of imide groups is 1. The summed E-state index contributed by atoms with van der Waals surface area (Å²) in [5.41, 5.74) is 0.0435. The van der Waals surface area contributed by atoms with E-state index in [0.717, 1.165) is 34.7 Å². The molecule has 0 aromatic heterocycles. The molecule has 2 atom stereocenters. The van der Waals surface area contributed by atoms with Crippen molar-refractivity contribution in [1.82, 2.24) is 5.01 Å². The molecule has 4 rings (SSSR count). The molecule has 1 fully saturated rings. The summed E-state index contributed by atoms with van der Waals surface area (Å²) in [6, 6.07) is 9.06. The van der Waals surface area contributed by atoms with Crippen LogP contribution in [0.1, 0.15) is 11.1 Å².